The van der Waals surface area contributed by atoms with Crippen molar-refractivity contribution in [1.29, 1.82) is 0 Å². The number of likely N-dealkylation sites (tertiary alicyclic amines) is 1. The molecule has 12 heteroatoms. The number of allylic oxidation sites excluding steroid dienone is 4. The molecule has 1 saturated carbocycles. The van der Waals surface area contributed by atoms with Gasteiger partial charge in [-0.3, -0.25) is 14.4 Å². The predicted octanol–water partition coefficient (Wildman–Crippen LogP) is 6.73. The molecule has 3 aliphatic rings. The zero-order valence-corrected chi connectivity index (χ0v) is 36.2. The lowest BCUT2D eigenvalue weighted by atomic mass is 9.75. The summed E-state index contributed by atoms with van der Waals surface area (Å²) in [7, 11) is 1.71. The Morgan fingerprint density at radius 3 is 2.32 bits per heavy atom. The first kappa shape index (κ1) is 48.2. The van der Waals surface area contributed by atoms with E-state index in [1.54, 1.807) is 14.0 Å². The standard InChI is InChI=1S/C44H72ClNO10/c1-10-33(38(49)23-37(48)31(8)30(7)27(4)20-32-14-15-35(45)39(22-32)55-9)19-26(3)17-25(2)18-28(5)40-34(24-47)21-29(6)44(54,56-40)41(50)42(51)46-16-12-11-13-36(46)43(52)53/h19-20,25,28-37,39-40,47-48,54H,10-18,21-24H2,1-9H3,(H,52,53)/b26-19+,27-20+/t25-,28-,29+,30+,31-,32-,33+,34+,35-,36-,37-,39+,40+,44+/m0/s1. The molecule has 1 amide bonds. The van der Waals surface area contributed by atoms with E-state index in [0.29, 0.717) is 38.0 Å². The third-order valence-electron chi connectivity index (χ3n) is 13.3. The van der Waals surface area contributed by atoms with E-state index in [9.17, 15) is 39.6 Å². The van der Waals surface area contributed by atoms with Crippen LogP contribution in [0.3, 0.4) is 0 Å². The predicted molar refractivity (Wildman–Crippen MR) is 217 cm³/mol. The number of aliphatic hydroxyl groups excluding tert-OH is 2. The number of carboxylic acids is 1. The summed E-state index contributed by atoms with van der Waals surface area (Å²) in [5.74, 6) is -7.06. The van der Waals surface area contributed by atoms with E-state index < -0.39 is 47.6 Å². The van der Waals surface area contributed by atoms with Crippen LogP contribution in [0, 0.1) is 47.3 Å². The number of nitrogens with zero attached hydrogens (tertiary/aromatic N) is 1. The highest BCUT2D eigenvalue weighted by Gasteiger charge is 2.55. The number of halogens is 1. The fourth-order valence-electron chi connectivity index (χ4n) is 9.50. The molecule has 0 radical (unpaired) electrons. The van der Waals surface area contributed by atoms with E-state index in [-0.39, 0.29) is 85.2 Å². The number of amides is 1. The van der Waals surface area contributed by atoms with Gasteiger partial charge in [-0.2, -0.15) is 0 Å². The SMILES string of the molecule is CC[C@H](/C=C(\C)C[C@H](C)C[C@H](C)[C@H]1O[C@@](O)(C(=O)C(=O)N2CCCC[C@H]2C(=O)O)[C@H](C)C[C@@H]1CO)C(=O)C[C@H](O)[C@@H](C)[C@H](C)/C(C)=C/[C@@H]1CC[C@H](Cl)[C@H](OC)C1. The number of carbonyl (C=O) groups excluding carboxylic acids is 3. The van der Waals surface area contributed by atoms with Gasteiger partial charge in [-0.05, 0) is 108 Å². The van der Waals surface area contributed by atoms with E-state index in [4.69, 9.17) is 21.1 Å². The molecule has 2 saturated heterocycles. The minimum Gasteiger partial charge on any atom is -0.480 e. The van der Waals surface area contributed by atoms with Gasteiger partial charge < -0.3 is 34.8 Å². The van der Waals surface area contributed by atoms with Crippen molar-refractivity contribution in [3.8, 4) is 0 Å². The Morgan fingerprint density at radius 1 is 1.04 bits per heavy atom. The molecule has 56 heavy (non-hydrogen) atoms. The van der Waals surface area contributed by atoms with Crippen molar-refractivity contribution in [2.75, 3.05) is 20.3 Å². The molecule has 0 aromatic carbocycles. The Hall–Kier alpha value is -2.15. The van der Waals surface area contributed by atoms with Gasteiger partial charge in [-0.15, -0.1) is 11.6 Å². The van der Waals surface area contributed by atoms with Gasteiger partial charge in [0.25, 0.3) is 11.7 Å². The Bertz CT molecular complexity index is 1400. The van der Waals surface area contributed by atoms with Crippen LogP contribution in [0.1, 0.15) is 126 Å². The van der Waals surface area contributed by atoms with E-state index in [1.807, 2.05) is 33.8 Å². The maximum Gasteiger partial charge on any atom is 0.326 e. The number of Topliss-reactive ketones (excluding diaryl/α,β-unsaturated/α-hetero) is 2. The van der Waals surface area contributed by atoms with Crippen LogP contribution in [0.15, 0.2) is 23.3 Å². The molecular weight excluding hydrogens is 738 g/mol. The number of aliphatic hydroxyl groups is 3. The topological polar surface area (TPSA) is 171 Å². The molecule has 11 nitrogen and oxygen atoms in total. The molecule has 4 N–H and O–H groups in total. The largest absolute Gasteiger partial charge is 0.480 e. The molecule has 2 aliphatic heterocycles. The third-order valence-corrected chi connectivity index (χ3v) is 13.8. The number of piperidine rings is 1. The summed E-state index contributed by atoms with van der Waals surface area (Å²) in [5, 5.41) is 42.9. The fourth-order valence-corrected chi connectivity index (χ4v) is 9.84. The highest BCUT2D eigenvalue weighted by atomic mass is 35.5. The average Bonchev–Trinajstić information content (AvgIpc) is 3.16. The fraction of sp³-hybridized carbons (Fsp3) is 0.818. The number of ketones is 2. The van der Waals surface area contributed by atoms with Crippen molar-refractivity contribution < 1.29 is 49.1 Å². The number of alkyl halides is 1. The zero-order valence-electron chi connectivity index (χ0n) is 35.4. The molecule has 0 spiro atoms. The van der Waals surface area contributed by atoms with Gasteiger partial charge in [0.1, 0.15) is 11.8 Å². The van der Waals surface area contributed by atoms with Crippen molar-refractivity contribution in [3.05, 3.63) is 23.3 Å². The van der Waals surface area contributed by atoms with Crippen molar-refractivity contribution >= 4 is 35.0 Å². The van der Waals surface area contributed by atoms with E-state index in [2.05, 4.69) is 26.8 Å². The molecule has 320 valence electrons. The molecule has 0 aromatic rings. The molecule has 2 heterocycles. The van der Waals surface area contributed by atoms with Crippen molar-refractivity contribution in [3.63, 3.8) is 0 Å². The monoisotopic (exact) mass is 809 g/mol. The van der Waals surface area contributed by atoms with E-state index >= 15 is 0 Å². The van der Waals surface area contributed by atoms with Crippen LogP contribution < -0.4 is 0 Å². The van der Waals surface area contributed by atoms with Gasteiger partial charge in [-0.25, -0.2) is 4.79 Å². The number of rotatable bonds is 19. The average molecular weight is 811 g/mol. The summed E-state index contributed by atoms with van der Waals surface area (Å²) in [5.41, 5.74) is 2.25. The van der Waals surface area contributed by atoms with E-state index in [0.717, 1.165) is 29.7 Å². The lowest BCUT2D eigenvalue weighted by Crippen LogP contribution is -2.62. The molecule has 0 bridgehead atoms. The number of ether oxygens (including phenoxy) is 2. The molecule has 3 rings (SSSR count). The number of hydrogen-bond acceptors (Lipinski definition) is 9. The second kappa shape index (κ2) is 21.7. The van der Waals surface area contributed by atoms with Crippen LogP contribution in [0.4, 0.5) is 0 Å². The van der Waals surface area contributed by atoms with Crippen molar-refractivity contribution in [2.24, 2.45) is 47.3 Å². The third kappa shape index (κ3) is 12.2. The van der Waals surface area contributed by atoms with Crippen LogP contribution in [0.2, 0.25) is 0 Å². The van der Waals surface area contributed by atoms with Gasteiger partial charge >= 0.3 is 5.97 Å². The smallest absolute Gasteiger partial charge is 0.326 e. The van der Waals surface area contributed by atoms with Crippen LogP contribution >= 0.6 is 11.6 Å². The molecule has 1 aliphatic carbocycles. The van der Waals surface area contributed by atoms with Crippen LogP contribution in [-0.2, 0) is 28.7 Å². The summed E-state index contributed by atoms with van der Waals surface area (Å²) in [6, 6.07) is -1.13. The highest BCUT2D eigenvalue weighted by molar-refractivity contribution is 6.39. The highest BCUT2D eigenvalue weighted by Crippen LogP contribution is 2.41. The Labute approximate surface area is 340 Å². The second-order valence-electron chi connectivity index (χ2n) is 17.7. The zero-order chi connectivity index (χ0) is 42.1. The quantitative estimate of drug-likeness (QED) is 0.0624. The van der Waals surface area contributed by atoms with E-state index in [1.165, 1.54) is 5.57 Å². The Kier molecular flexibility index (Phi) is 18.7. The lowest BCUT2D eigenvalue weighted by molar-refractivity contribution is -0.286. The maximum absolute atomic E-state index is 13.6. The Balaban J connectivity index is 1.60. The van der Waals surface area contributed by atoms with Crippen LogP contribution in [-0.4, -0.2) is 105 Å². The summed E-state index contributed by atoms with van der Waals surface area (Å²) < 4.78 is 11.7. The molecule has 3 fully saturated rings. The minimum atomic E-state index is -2.44. The minimum absolute atomic E-state index is 0.0117. The first-order chi connectivity index (χ1) is 26.3. The number of carboxylic acid groups (broad SMARTS) is 1. The number of carbonyl (C=O) groups is 4. The van der Waals surface area contributed by atoms with Gasteiger partial charge in [-0.1, -0.05) is 64.8 Å². The van der Waals surface area contributed by atoms with Gasteiger partial charge in [0, 0.05) is 44.4 Å². The molecular formula is C44H72ClNO10. The Morgan fingerprint density at radius 2 is 1.71 bits per heavy atom. The van der Waals surface area contributed by atoms with Crippen LogP contribution in [0.5, 0.6) is 0 Å². The molecule has 14 atom stereocenters. The number of methoxy groups -OCH3 is 1. The van der Waals surface area contributed by atoms with Gasteiger partial charge in [0.2, 0.25) is 5.79 Å². The lowest BCUT2D eigenvalue weighted by Gasteiger charge is -2.47. The normalized spacial score (nSPS) is 32.5. The first-order valence-electron chi connectivity index (χ1n) is 21.1. The molecule has 0 aromatic heterocycles. The summed E-state index contributed by atoms with van der Waals surface area (Å²) >= 11 is 6.43. The maximum atomic E-state index is 13.6. The summed E-state index contributed by atoms with van der Waals surface area (Å²) in [4.78, 5) is 53.4. The molecule has 0 unspecified atom stereocenters. The van der Waals surface area contributed by atoms with Crippen molar-refractivity contribution in [1.82, 2.24) is 4.90 Å². The number of hydrogen-bond donors (Lipinski definition) is 4. The van der Waals surface area contributed by atoms with Gasteiger partial charge in [0.15, 0.2) is 0 Å². The van der Waals surface area contributed by atoms with Gasteiger partial charge in [0.05, 0.1) is 23.7 Å². The number of aliphatic carboxylic acids is 1. The van der Waals surface area contributed by atoms with Crippen LogP contribution in [0.25, 0.3) is 0 Å². The first-order valence-corrected chi connectivity index (χ1v) is 21.5. The van der Waals surface area contributed by atoms with Crippen molar-refractivity contribution in [2.45, 2.75) is 162 Å². The summed E-state index contributed by atoms with van der Waals surface area (Å²) in [6.07, 6.45) is 9.33. The second-order valence-corrected chi connectivity index (χ2v) is 18.3. The summed E-state index contributed by atoms with van der Waals surface area (Å²) in [6.45, 7) is 15.7.